The van der Waals surface area contributed by atoms with Crippen LogP contribution >= 0.6 is 24.0 Å². The number of hydrogen-bond acceptors (Lipinski definition) is 4. The fourth-order valence-corrected chi connectivity index (χ4v) is 4.84. The van der Waals surface area contributed by atoms with Gasteiger partial charge in [0.05, 0.1) is 20.2 Å². The van der Waals surface area contributed by atoms with Crippen LogP contribution in [0, 0.1) is 6.92 Å². The normalized spacial score (nSPS) is 20.0. The minimum atomic E-state index is 0. The van der Waals surface area contributed by atoms with Gasteiger partial charge in [-0.1, -0.05) is 25.0 Å². The highest BCUT2D eigenvalue weighted by atomic mass is 127. The summed E-state index contributed by atoms with van der Waals surface area (Å²) in [7, 11) is 1.73. The van der Waals surface area contributed by atoms with Crippen LogP contribution in [0.5, 0.6) is 5.75 Å². The summed E-state index contributed by atoms with van der Waals surface area (Å²) in [5, 5.41) is 11.6. The molecule has 0 radical (unpaired) electrons. The number of halogens is 1. The first-order chi connectivity index (χ1) is 14.6. The van der Waals surface area contributed by atoms with Crippen molar-refractivity contribution in [2.45, 2.75) is 70.4 Å². The summed E-state index contributed by atoms with van der Waals surface area (Å²) in [6, 6.07) is 8.86. The molecule has 1 aliphatic carbocycles. The van der Waals surface area contributed by atoms with Crippen molar-refractivity contribution in [3.63, 3.8) is 0 Å². The molecule has 2 aromatic rings. The Labute approximate surface area is 202 Å². The van der Waals surface area contributed by atoms with Gasteiger partial charge >= 0.3 is 0 Å². The van der Waals surface area contributed by atoms with E-state index in [0.717, 1.165) is 55.8 Å². The van der Waals surface area contributed by atoms with Gasteiger partial charge in [0.2, 0.25) is 0 Å². The molecule has 31 heavy (non-hydrogen) atoms. The largest absolute Gasteiger partial charge is 0.497 e. The molecule has 1 fully saturated rings. The molecule has 1 unspecified atom stereocenters. The van der Waals surface area contributed by atoms with Crippen LogP contribution in [0.3, 0.4) is 0 Å². The second kappa shape index (κ2) is 10.7. The van der Waals surface area contributed by atoms with Crippen molar-refractivity contribution in [2.24, 2.45) is 4.99 Å². The Morgan fingerprint density at radius 2 is 2.13 bits per heavy atom. The third-order valence-corrected chi connectivity index (χ3v) is 6.43. The molecule has 1 saturated carbocycles. The number of rotatable bonds is 6. The van der Waals surface area contributed by atoms with Crippen molar-refractivity contribution in [3.05, 3.63) is 41.5 Å². The quantitative estimate of drug-likeness (QED) is 0.334. The van der Waals surface area contributed by atoms with Crippen LogP contribution in [-0.4, -0.2) is 47.0 Å². The number of aromatic nitrogens is 3. The minimum absolute atomic E-state index is 0. The van der Waals surface area contributed by atoms with Crippen LogP contribution in [0.25, 0.3) is 0 Å². The van der Waals surface area contributed by atoms with E-state index in [-0.39, 0.29) is 29.4 Å². The Balaban J connectivity index is 0.00000272. The van der Waals surface area contributed by atoms with Gasteiger partial charge in [0.15, 0.2) is 5.96 Å². The van der Waals surface area contributed by atoms with Gasteiger partial charge in [-0.05, 0) is 50.8 Å². The van der Waals surface area contributed by atoms with Crippen LogP contribution in [0.4, 0.5) is 0 Å². The first kappa shape index (κ1) is 23.8. The highest BCUT2D eigenvalue weighted by molar-refractivity contribution is 14.0. The third-order valence-electron chi connectivity index (χ3n) is 6.43. The molecule has 1 aromatic carbocycles. The zero-order valence-corrected chi connectivity index (χ0v) is 21.2. The number of nitrogens with zero attached hydrogens (tertiary/aromatic N) is 4. The lowest BCUT2D eigenvalue weighted by Gasteiger charge is -2.30. The minimum Gasteiger partial charge on any atom is -0.497 e. The van der Waals surface area contributed by atoms with E-state index in [1.165, 1.54) is 31.2 Å². The summed E-state index contributed by atoms with van der Waals surface area (Å²) < 4.78 is 7.52. The number of aryl methyl sites for hydroxylation is 2. The Bertz CT molecular complexity index is 890. The molecule has 170 valence electrons. The zero-order valence-electron chi connectivity index (χ0n) is 18.9. The van der Waals surface area contributed by atoms with Crippen molar-refractivity contribution < 1.29 is 4.74 Å². The summed E-state index contributed by atoms with van der Waals surface area (Å²) in [6.45, 7) is 6.54. The molecule has 1 atom stereocenters. The van der Waals surface area contributed by atoms with Crippen molar-refractivity contribution >= 4 is 29.9 Å². The third kappa shape index (κ3) is 5.51. The highest BCUT2D eigenvalue weighted by Crippen LogP contribution is 2.42. The molecule has 2 N–H and O–H groups in total. The van der Waals surface area contributed by atoms with Crippen LogP contribution in [0.15, 0.2) is 29.3 Å². The van der Waals surface area contributed by atoms with E-state index >= 15 is 0 Å². The molecule has 4 rings (SSSR count). The van der Waals surface area contributed by atoms with Crippen molar-refractivity contribution in [2.75, 3.05) is 20.2 Å². The van der Waals surface area contributed by atoms with Crippen molar-refractivity contribution in [1.82, 2.24) is 25.4 Å². The predicted octanol–water partition coefficient (Wildman–Crippen LogP) is 3.60. The summed E-state index contributed by atoms with van der Waals surface area (Å²) in [5.41, 5.74) is 1.44. The van der Waals surface area contributed by atoms with E-state index in [2.05, 4.69) is 45.8 Å². The average Bonchev–Trinajstić information content (AvgIpc) is 3.38. The number of nitrogens with one attached hydrogen (secondary N) is 2. The Morgan fingerprint density at radius 3 is 2.87 bits per heavy atom. The Hall–Kier alpha value is -1.84. The second-order valence-corrected chi connectivity index (χ2v) is 8.55. The molecular weight excluding hydrogens is 503 g/mol. The lowest BCUT2D eigenvalue weighted by atomic mass is 9.79. The van der Waals surface area contributed by atoms with Crippen molar-refractivity contribution in [1.29, 1.82) is 0 Å². The SMILES string of the molecule is CCNC(=NCC1(c2cccc(OC)c2)CCCC1)NC1CCc2nc(C)nn2C1.I. The van der Waals surface area contributed by atoms with E-state index < -0.39 is 0 Å². The second-order valence-electron chi connectivity index (χ2n) is 8.55. The van der Waals surface area contributed by atoms with Crippen molar-refractivity contribution in [3.8, 4) is 5.75 Å². The fourth-order valence-electron chi connectivity index (χ4n) is 4.84. The molecule has 8 heteroatoms. The van der Waals surface area contributed by atoms with Gasteiger partial charge in [-0.2, -0.15) is 5.10 Å². The van der Waals surface area contributed by atoms with Crippen LogP contribution in [0.2, 0.25) is 0 Å². The smallest absolute Gasteiger partial charge is 0.191 e. The number of hydrogen-bond donors (Lipinski definition) is 2. The van der Waals surface area contributed by atoms with Crippen LogP contribution < -0.4 is 15.4 Å². The molecule has 2 aliphatic rings. The summed E-state index contributed by atoms with van der Waals surface area (Å²) >= 11 is 0. The van der Waals surface area contributed by atoms with E-state index in [1.54, 1.807) is 7.11 Å². The van der Waals surface area contributed by atoms with Gasteiger partial charge in [0.1, 0.15) is 17.4 Å². The maximum Gasteiger partial charge on any atom is 0.191 e. The fraction of sp³-hybridized carbons (Fsp3) is 0.609. The lowest BCUT2D eigenvalue weighted by Crippen LogP contribution is -2.47. The Kier molecular flexibility index (Phi) is 8.18. The maximum absolute atomic E-state index is 5.48. The molecule has 7 nitrogen and oxygen atoms in total. The number of guanidine groups is 1. The molecule has 0 amide bonds. The standard InChI is InChI=1S/C23H34N6O.HI/c1-4-24-22(27-19-10-11-21-26-17(2)28-29(21)15-19)25-16-23(12-5-6-13-23)18-8-7-9-20(14-18)30-3;/h7-9,14,19H,4-6,10-13,15-16H2,1-3H3,(H2,24,25,27);1H. The maximum atomic E-state index is 5.48. The zero-order chi connectivity index (χ0) is 21.0. The first-order valence-electron chi connectivity index (χ1n) is 11.2. The number of ether oxygens (including phenoxy) is 1. The molecule has 0 saturated heterocycles. The topological polar surface area (TPSA) is 76.4 Å². The summed E-state index contributed by atoms with van der Waals surface area (Å²) in [6.07, 6.45) is 6.86. The number of methoxy groups -OCH3 is 1. The van der Waals surface area contributed by atoms with Gasteiger partial charge in [0.25, 0.3) is 0 Å². The Morgan fingerprint density at radius 1 is 1.32 bits per heavy atom. The van der Waals surface area contributed by atoms with E-state index in [0.29, 0.717) is 6.04 Å². The van der Waals surface area contributed by atoms with Gasteiger partial charge in [0, 0.05) is 24.4 Å². The average molecular weight is 538 g/mol. The molecule has 1 aliphatic heterocycles. The van der Waals surface area contributed by atoms with E-state index in [1.807, 2.05) is 17.7 Å². The van der Waals surface area contributed by atoms with E-state index in [9.17, 15) is 0 Å². The van der Waals surface area contributed by atoms with Gasteiger partial charge in [-0.3, -0.25) is 4.99 Å². The predicted molar refractivity (Wildman–Crippen MR) is 135 cm³/mol. The molecule has 0 bridgehead atoms. The summed E-state index contributed by atoms with van der Waals surface area (Å²) in [4.78, 5) is 9.58. The van der Waals surface area contributed by atoms with Gasteiger partial charge in [-0.15, -0.1) is 24.0 Å². The van der Waals surface area contributed by atoms with Crippen LogP contribution in [0.1, 0.15) is 56.2 Å². The van der Waals surface area contributed by atoms with Crippen LogP contribution in [-0.2, 0) is 18.4 Å². The number of benzene rings is 1. The van der Waals surface area contributed by atoms with Gasteiger partial charge in [-0.25, -0.2) is 9.67 Å². The number of fused-ring (bicyclic) bond motifs is 1. The first-order valence-corrected chi connectivity index (χ1v) is 11.2. The monoisotopic (exact) mass is 538 g/mol. The molecule has 2 heterocycles. The summed E-state index contributed by atoms with van der Waals surface area (Å²) in [5.74, 6) is 3.77. The molecular formula is C23H35IN6O. The number of aliphatic imine (C=N–C) groups is 1. The molecule has 1 aromatic heterocycles. The molecule has 0 spiro atoms. The highest BCUT2D eigenvalue weighted by Gasteiger charge is 2.36. The van der Waals surface area contributed by atoms with E-state index in [4.69, 9.17) is 9.73 Å². The lowest BCUT2D eigenvalue weighted by molar-refractivity contribution is 0.390. The van der Waals surface area contributed by atoms with Gasteiger partial charge < -0.3 is 15.4 Å².